The van der Waals surface area contributed by atoms with Gasteiger partial charge in [0.2, 0.25) is 5.91 Å². The van der Waals surface area contributed by atoms with Gasteiger partial charge in [0.15, 0.2) is 0 Å². The number of nitrogens with one attached hydrogen (secondary N) is 2. The van der Waals surface area contributed by atoms with E-state index in [9.17, 15) is 9.59 Å². The van der Waals surface area contributed by atoms with Gasteiger partial charge in [-0.15, -0.1) is 0 Å². The Morgan fingerprint density at radius 2 is 1.96 bits per heavy atom. The van der Waals surface area contributed by atoms with Crippen molar-refractivity contribution in [3.05, 3.63) is 64.2 Å². The molecule has 3 amide bonds. The van der Waals surface area contributed by atoms with Crippen molar-refractivity contribution >= 4 is 29.2 Å². The number of carbonyl (C=O) groups excluding carboxylic acids is 2. The predicted molar refractivity (Wildman–Crippen MR) is 104 cm³/mol. The largest absolute Gasteiger partial charge is 0.353 e. The van der Waals surface area contributed by atoms with Crippen LogP contribution in [0.2, 0.25) is 5.02 Å². The van der Waals surface area contributed by atoms with Crippen LogP contribution in [0.4, 0.5) is 10.5 Å². The number of amides is 3. The first kappa shape index (κ1) is 18.3. The molecule has 1 atom stereocenters. The highest BCUT2D eigenvalue weighted by Crippen LogP contribution is 2.27. The number of aryl methyl sites for hydroxylation is 1. The quantitative estimate of drug-likeness (QED) is 0.867. The lowest BCUT2D eigenvalue weighted by Gasteiger charge is -2.35. The highest BCUT2D eigenvalue weighted by molar-refractivity contribution is 6.31. The third kappa shape index (κ3) is 3.83. The Hall–Kier alpha value is -2.53. The van der Waals surface area contributed by atoms with Crippen LogP contribution < -0.4 is 10.6 Å². The molecule has 2 aromatic carbocycles. The fraction of sp³-hybridized carbons (Fsp3) is 0.300. The summed E-state index contributed by atoms with van der Waals surface area (Å²) in [6.07, 6.45) is 0.480. The van der Waals surface area contributed by atoms with Crippen molar-refractivity contribution in [2.45, 2.75) is 26.3 Å². The third-order valence-electron chi connectivity index (χ3n) is 4.70. The van der Waals surface area contributed by atoms with Crippen LogP contribution in [0.25, 0.3) is 0 Å². The minimum Gasteiger partial charge on any atom is -0.353 e. The number of anilines is 1. The van der Waals surface area contributed by atoms with Crippen molar-refractivity contribution in [2.24, 2.45) is 0 Å². The molecule has 0 spiro atoms. The van der Waals surface area contributed by atoms with Gasteiger partial charge in [0.1, 0.15) is 6.04 Å². The molecular weight excluding hydrogens is 350 g/mol. The van der Waals surface area contributed by atoms with Crippen LogP contribution in [0, 0.1) is 13.8 Å². The van der Waals surface area contributed by atoms with Crippen LogP contribution in [0.3, 0.4) is 0 Å². The summed E-state index contributed by atoms with van der Waals surface area (Å²) in [6, 6.07) is 12.6. The zero-order chi connectivity index (χ0) is 18.7. The lowest BCUT2D eigenvalue weighted by atomic mass is 10.0. The average Bonchev–Trinajstić information content (AvgIpc) is 2.64. The van der Waals surface area contributed by atoms with Gasteiger partial charge in [-0.05, 0) is 36.6 Å². The number of benzene rings is 2. The standard InChI is InChI=1S/C20H22ClN3O2/c1-13-8-9-16(21)14(2)18(13)23-20(26)24-11-10-22-19(25)17(24)12-15-6-4-3-5-7-15/h3-9,17H,10-12H2,1-2H3,(H,22,25)(H,23,26)/t17-/m1/s1. The molecule has 1 saturated heterocycles. The third-order valence-corrected chi connectivity index (χ3v) is 5.11. The van der Waals surface area contributed by atoms with Crippen molar-refractivity contribution < 1.29 is 9.59 Å². The minimum absolute atomic E-state index is 0.130. The topological polar surface area (TPSA) is 61.4 Å². The fourth-order valence-electron chi connectivity index (χ4n) is 3.19. The second kappa shape index (κ2) is 7.79. The van der Waals surface area contributed by atoms with Crippen LogP contribution in [-0.4, -0.2) is 36.0 Å². The van der Waals surface area contributed by atoms with Crippen LogP contribution in [0.5, 0.6) is 0 Å². The molecule has 1 heterocycles. The Balaban J connectivity index is 1.82. The summed E-state index contributed by atoms with van der Waals surface area (Å²) in [7, 11) is 0. The molecule has 26 heavy (non-hydrogen) atoms. The van der Waals surface area contributed by atoms with E-state index in [0.717, 1.165) is 16.7 Å². The van der Waals surface area contributed by atoms with Crippen molar-refractivity contribution in [1.82, 2.24) is 10.2 Å². The molecule has 1 fully saturated rings. The molecule has 0 unspecified atom stereocenters. The van der Waals surface area contributed by atoms with Gasteiger partial charge >= 0.3 is 6.03 Å². The summed E-state index contributed by atoms with van der Waals surface area (Å²) >= 11 is 6.19. The van der Waals surface area contributed by atoms with Gasteiger partial charge in [0.05, 0.1) is 0 Å². The molecule has 0 aliphatic carbocycles. The number of hydrogen-bond donors (Lipinski definition) is 2. The van der Waals surface area contributed by atoms with E-state index in [4.69, 9.17) is 11.6 Å². The zero-order valence-corrected chi connectivity index (χ0v) is 15.6. The minimum atomic E-state index is -0.536. The first-order valence-corrected chi connectivity index (χ1v) is 9.00. The van der Waals surface area contributed by atoms with Gasteiger partial charge in [-0.1, -0.05) is 48.0 Å². The van der Waals surface area contributed by atoms with Crippen molar-refractivity contribution in [3.8, 4) is 0 Å². The SMILES string of the molecule is Cc1ccc(Cl)c(C)c1NC(=O)N1CCNC(=O)[C@H]1Cc1ccccc1. The normalized spacial score (nSPS) is 17.0. The van der Waals surface area contributed by atoms with Gasteiger partial charge < -0.3 is 15.5 Å². The summed E-state index contributed by atoms with van der Waals surface area (Å²) in [5, 5.41) is 6.40. The number of urea groups is 1. The number of nitrogens with zero attached hydrogens (tertiary/aromatic N) is 1. The van der Waals surface area contributed by atoms with E-state index in [1.54, 1.807) is 4.90 Å². The van der Waals surface area contributed by atoms with E-state index in [1.165, 1.54) is 0 Å². The van der Waals surface area contributed by atoms with Crippen LogP contribution in [-0.2, 0) is 11.2 Å². The Morgan fingerprint density at radius 1 is 1.23 bits per heavy atom. The molecule has 0 bridgehead atoms. The van der Waals surface area contributed by atoms with Gasteiger partial charge in [-0.2, -0.15) is 0 Å². The first-order valence-electron chi connectivity index (χ1n) is 8.62. The number of piperazine rings is 1. The van der Waals surface area contributed by atoms with Crippen molar-refractivity contribution in [3.63, 3.8) is 0 Å². The van der Waals surface area contributed by atoms with Crippen molar-refractivity contribution in [2.75, 3.05) is 18.4 Å². The molecule has 3 rings (SSSR count). The van der Waals surface area contributed by atoms with E-state index >= 15 is 0 Å². The summed E-state index contributed by atoms with van der Waals surface area (Å²) in [5.41, 5.74) is 3.47. The lowest BCUT2D eigenvalue weighted by Crippen LogP contribution is -2.59. The van der Waals surface area contributed by atoms with Crippen molar-refractivity contribution in [1.29, 1.82) is 0 Å². The maximum absolute atomic E-state index is 12.9. The number of carbonyl (C=O) groups is 2. The molecule has 136 valence electrons. The monoisotopic (exact) mass is 371 g/mol. The van der Waals surface area contributed by atoms with Crippen LogP contribution in [0.1, 0.15) is 16.7 Å². The lowest BCUT2D eigenvalue weighted by molar-refractivity contribution is -0.127. The van der Waals surface area contributed by atoms with E-state index in [0.29, 0.717) is 30.2 Å². The Morgan fingerprint density at radius 3 is 2.69 bits per heavy atom. The molecule has 2 aromatic rings. The molecule has 0 aromatic heterocycles. The number of hydrogen-bond acceptors (Lipinski definition) is 2. The molecule has 6 heteroatoms. The van der Waals surface area contributed by atoms with Gasteiger partial charge in [-0.3, -0.25) is 4.79 Å². The smallest absolute Gasteiger partial charge is 0.322 e. The van der Waals surface area contributed by atoms with E-state index in [2.05, 4.69) is 10.6 Å². The molecule has 2 N–H and O–H groups in total. The Bertz CT molecular complexity index is 823. The van der Waals surface area contributed by atoms with E-state index < -0.39 is 6.04 Å². The Labute approximate surface area is 158 Å². The highest BCUT2D eigenvalue weighted by atomic mass is 35.5. The molecule has 1 aliphatic rings. The maximum Gasteiger partial charge on any atom is 0.322 e. The maximum atomic E-state index is 12.9. The second-order valence-electron chi connectivity index (χ2n) is 6.48. The summed E-state index contributed by atoms with van der Waals surface area (Å²) in [6.45, 7) is 4.71. The summed E-state index contributed by atoms with van der Waals surface area (Å²) in [4.78, 5) is 26.9. The van der Waals surface area contributed by atoms with Gasteiger partial charge in [0, 0.05) is 30.2 Å². The first-order chi connectivity index (χ1) is 12.5. The zero-order valence-electron chi connectivity index (χ0n) is 14.9. The molecule has 1 aliphatic heterocycles. The number of rotatable bonds is 3. The fourth-order valence-corrected chi connectivity index (χ4v) is 3.35. The van der Waals surface area contributed by atoms with E-state index in [1.807, 2.05) is 56.3 Å². The predicted octanol–water partition coefficient (Wildman–Crippen LogP) is 3.53. The molecular formula is C20H22ClN3O2. The van der Waals surface area contributed by atoms with E-state index in [-0.39, 0.29) is 11.9 Å². The molecule has 0 saturated carbocycles. The summed E-state index contributed by atoms with van der Waals surface area (Å²) in [5.74, 6) is -0.130. The average molecular weight is 372 g/mol. The van der Waals surface area contributed by atoms with Gasteiger partial charge in [-0.25, -0.2) is 4.79 Å². The second-order valence-corrected chi connectivity index (χ2v) is 6.89. The number of halogens is 1. The Kier molecular flexibility index (Phi) is 5.47. The summed E-state index contributed by atoms with van der Waals surface area (Å²) < 4.78 is 0. The molecule has 0 radical (unpaired) electrons. The molecule has 5 nitrogen and oxygen atoms in total. The highest BCUT2D eigenvalue weighted by Gasteiger charge is 2.33. The van der Waals surface area contributed by atoms with Gasteiger partial charge in [0.25, 0.3) is 0 Å². The van der Waals surface area contributed by atoms with Crippen LogP contribution in [0.15, 0.2) is 42.5 Å². The van der Waals surface area contributed by atoms with Crippen LogP contribution >= 0.6 is 11.6 Å².